The zero-order chi connectivity index (χ0) is 11.3. The maximum absolute atomic E-state index is 11.9. The van der Waals surface area contributed by atoms with E-state index in [0.717, 1.165) is 25.7 Å². The van der Waals surface area contributed by atoms with Crippen LogP contribution in [0.4, 0.5) is 0 Å². The predicted octanol–water partition coefficient (Wildman–Crippen LogP) is 2.73. The molecule has 0 aromatic carbocycles. The van der Waals surface area contributed by atoms with Crippen molar-refractivity contribution in [3.05, 3.63) is 11.6 Å². The number of carbonyl (C=O) groups excluding carboxylic acids is 1. The molecule has 16 heavy (non-hydrogen) atoms. The highest BCUT2D eigenvalue weighted by molar-refractivity contribution is 5.94. The van der Waals surface area contributed by atoms with Crippen LogP contribution in [0, 0.1) is 17.3 Å². The summed E-state index contributed by atoms with van der Waals surface area (Å²) in [6.07, 6.45) is 7.92. The Kier molecular flexibility index (Phi) is 2.25. The molecule has 0 aromatic heterocycles. The fourth-order valence-corrected chi connectivity index (χ4v) is 4.30. The maximum atomic E-state index is 11.9. The van der Waals surface area contributed by atoms with Crippen LogP contribution in [0.15, 0.2) is 11.6 Å². The summed E-state index contributed by atoms with van der Waals surface area (Å²) in [5.74, 6) is 1.29. The molecule has 2 saturated carbocycles. The molecule has 4 atom stereocenters. The predicted molar refractivity (Wildman–Crippen MR) is 62.1 cm³/mol. The highest BCUT2D eigenvalue weighted by atomic mass is 16.5. The number of hydrogen-bond donors (Lipinski definition) is 0. The van der Waals surface area contributed by atoms with Crippen LogP contribution < -0.4 is 0 Å². The highest BCUT2D eigenvalue weighted by Crippen LogP contribution is 2.59. The molecule has 3 aliphatic rings. The van der Waals surface area contributed by atoms with Crippen LogP contribution in [0.5, 0.6) is 0 Å². The van der Waals surface area contributed by atoms with Crippen LogP contribution in [0.25, 0.3) is 0 Å². The Morgan fingerprint density at radius 2 is 2.25 bits per heavy atom. The van der Waals surface area contributed by atoms with Gasteiger partial charge in [-0.3, -0.25) is 4.79 Å². The van der Waals surface area contributed by atoms with Crippen molar-refractivity contribution < 1.29 is 9.53 Å². The minimum atomic E-state index is 0.317. The standard InChI is InChI=1S/C14H20O2/c1-9-13(16-2)4-3-11-7-12(15)10-5-6-14(9,11)8-10/h7,9-10,13H,3-6,8H2,1-2H3/t9-,10-,13+,14+/m0/s1. The van der Waals surface area contributed by atoms with Gasteiger partial charge in [-0.15, -0.1) is 0 Å². The van der Waals surface area contributed by atoms with Crippen molar-refractivity contribution in [2.75, 3.05) is 7.11 Å². The van der Waals surface area contributed by atoms with E-state index >= 15 is 0 Å². The van der Waals surface area contributed by atoms with E-state index in [4.69, 9.17) is 4.74 Å². The molecule has 0 radical (unpaired) electrons. The Morgan fingerprint density at radius 3 is 3.00 bits per heavy atom. The number of hydrogen-bond acceptors (Lipinski definition) is 2. The molecule has 2 bridgehead atoms. The minimum absolute atomic E-state index is 0.317. The fraction of sp³-hybridized carbons (Fsp3) is 0.786. The molecule has 2 fully saturated rings. The summed E-state index contributed by atoms with van der Waals surface area (Å²) in [5, 5.41) is 0. The third kappa shape index (κ3) is 1.20. The van der Waals surface area contributed by atoms with Gasteiger partial charge >= 0.3 is 0 Å². The summed E-state index contributed by atoms with van der Waals surface area (Å²) in [7, 11) is 1.83. The zero-order valence-corrected chi connectivity index (χ0v) is 10.2. The third-order valence-electron chi connectivity index (χ3n) is 5.34. The van der Waals surface area contributed by atoms with Gasteiger partial charge in [0, 0.05) is 13.0 Å². The molecule has 0 saturated heterocycles. The number of rotatable bonds is 1. The van der Waals surface area contributed by atoms with Crippen LogP contribution in [-0.2, 0) is 9.53 Å². The summed E-state index contributed by atoms with van der Waals surface area (Å²) in [6, 6.07) is 0. The van der Waals surface area contributed by atoms with Crippen LogP contribution in [0.3, 0.4) is 0 Å². The highest BCUT2D eigenvalue weighted by Gasteiger charge is 2.54. The quantitative estimate of drug-likeness (QED) is 0.679. The fourth-order valence-electron chi connectivity index (χ4n) is 4.30. The monoisotopic (exact) mass is 220 g/mol. The number of fused-ring (bicyclic) bond motifs is 1. The van der Waals surface area contributed by atoms with E-state index in [9.17, 15) is 4.79 Å². The molecule has 0 amide bonds. The molecular formula is C14H20O2. The first-order valence-corrected chi connectivity index (χ1v) is 6.45. The number of ether oxygens (including phenoxy) is 1. The van der Waals surface area contributed by atoms with E-state index in [-0.39, 0.29) is 0 Å². The number of methoxy groups -OCH3 is 1. The molecule has 1 spiro atoms. The lowest BCUT2D eigenvalue weighted by Crippen LogP contribution is -2.43. The van der Waals surface area contributed by atoms with Crippen molar-refractivity contribution in [2.45, 2.75) is 45.1 Å². The smallest absolute Gasteiger partial charge is 0.158 e. The average molecular weight is 220 g/mol. The van der Waals surface area contributed by atoms with Gasteiger partial charge in [0.1, 0.15) is 0 Å². The summed E-state index contributed by atoms with van der Waals surface area (Å²) in [4.78, 5) is 11.9. The Labute approximate surface area is 97.1 Å². The molecule has 0 aliphatic heterocycles. The van der Waals surface area contributed by atoms with Gasteiger partial charge < -0.3 is 4.74 Å². The van der Waals surface area contributed by atoms with Crippen molar-refractivity contribution in [3.63, 3.8) is 0 Å². The van der Waals surface area contributed by atoms with Crippen molar-refractivity contribution >= 4 is 5.78 Å². The van der Waals surface area contributed by atoms with Crippen LogP contribution in [0.2, 0.25) is 0 Å². The number of ketones is 1. The van der Waals surface area contributed by atoms with Crippen LogP contribution in [0.1, 0.15) is 39.0 Å². The Balaban J connectivity index is 2.01. The number of allylic oxidation sites excluding steroid dienone is 2. The second-order valence-corrected chi connectivity index (χ2v) is 5.77. The molecule has 0 aromatic rings. The van der Waals surface area contributed by atoms with Crippen molar-refractivity contribution in [1.82, 2.24) is 0 Å². The number of carbonyl (C=O) groups is 1. The van der Waals surface area contributed by atoms with Gasteiger partial charge in [-0.1, -0.05) is 12.5 Å². The maximum Gasteiger partial charge on any atom is 0.158 e. The van der Waals surface area contributed by atoms with E-state index in [1.54, 1.807) is 0 Å². The third-order valence-corrected chi connectivity index (χ3v) is 5.34. The van der Waals surface area contributed by atoms with E-state index in [1.807, 2.05) is 13.2 Å². The van der Waals surface area contributed by atoms with Crippen molar-refractivity contribution in [3.8, 4) is 0 Å². The van der Waals surface area contributed by atoms with Gasteiger partial charge in [0.05, 0.1) is 6.10 Å². The van der Waals surface area contributed by atoms with Gasteiger partial charge in [0.15, 0.2) is 5.78 Å². The second kappa shape index (κ2) is 3.43. The van der Waals surface area contributed by atoms with E-state index in [1.165, 1.54) is 12.0 Å². The second-order valence-electron chi connectivity index (χ2n) is 5.77. The zero-order valence-electron chi connectivity index (χ0n) is 10.2. The molecule has 88 valence electrons. The summed E-state index contributed by atoms with van der Waals surface area (Å²) < 4.78 is 5.61. The van der Waals surface area contributed by atoms with Gasteiger partial charge in [-0.05, 0) is 49.5 Å². The molecule has 3 aliphatic carbocycles. The van der Waals surface area contributed by atoms with Crippen molar-refractivity contribution in [2.24, 2.45) is 17.3 Å². The molecule has 0 unspecified atom stereocenters. The average Bonchev–Trinajstić information content (AvgIpc) is 2.67. The van der Waals surface area contributed by atoms with Gasteiger partial charge in [0.25, 0.3) is 0 Å². The van der Waals surface area contributed by atoms with Gasteiger partial charge in [-0.2, -0.15) is 0 Å². The normalized spacial score (nSPS) is 46.5. The molecule has 0 heterocycles. The molecular weight excluding hydrogens is 200 g/mol. The first kappa shape index (κ1) is 10.5. The van der Waals surface area contributed by atoms with E-state index < -0.39 is 0 Å². The molecule has 0 N–H and O–H groups in total. The lowest BCUT2D eigenvalue weighted by atomic mass is 9.59. The summed E-state index contributed by atoms with van der Waals surface area (Å²) in [6.45, 7) is 2.32. The first-order chi connectivity index (χ1) is 7.67. The van der Waals surface area contributed by atoms with E-state index in [2.05, 4.69) is 6.92 Å². The Hall–Kier alpha value is -0.630. The van der Waals surface area contributed by atoms with Gasteiger partial charge in [0.2, 0.25) is 0 Å². The molecule has 2 nitrogen and oxygen atoms in total. The lowest BCUT2D eigenvalue weighted by Gasteiger charge is -2.47. The van der Waals surface area contributed by atoms with Gasteiger partial charge in [-0.25, -0.2) is 0 Å². The lowest BCUT2D eigenvalue weighted by molar-refractivity contribution is -0.119. The molecule has 2 heteroatoms. The Bertz CT molecular complexity index is 358. The SMILES string of the molecule is CO[C@@H]1CCC2=CC(=O)[C@H]3CC[C@@]2(C3)[C@H]1C. The van der Waals surface area contributed by atoms with Crippen LogP contribution >= 0.6 is 0 Å². The molecule has 3 rings (SSSR count). The Morgan fingerprint density at radius 1 is 1.44 bits per heavy atom. The summed E-state index contributed by atoms with van der Waals surface area (Å²) in [5.41, 5.74) is 1.75. The largest absolute Gasteiger partial charge is 0.381 e. The summed E-state index contributed by atoms with van der Waals surface area (Å²) >= 11 is 0. The van der Waals surface area contributed by atoms with Crippen LogP contribution in [-0.4, -0.2) is 19.0 Å². The topological polar surface area (TPSA) is 26.3 Å². The van der Waals surface area contributed by atoms with E-state index in [0.29, 0.717) is 29.1 Å². The first-order valence-electron chi connectivity index (χ1n) is 6.45. The van der Waals surface area contributed by atoms with Crippen molar-refractivity contribution in [1.29, 1.82) is 0 Å². The minimum Gasteiger partial charge on any atom is -0.381 e.